The fourth-order valence-electron chi connectivity index (χ4n) is 4.22. The quantitative estimate of drug-likeness (QED) is 0.308. The average Bonchev–Trinajstić information content (AvgIpc) is 3.05. The molecule has 0 spiro atoms. The highest BCUT2D eigenvalue weighted by Crippen LogP contribution is 2.55. The van der Waals surface area contributed by atoms with Gasteiger partial charge in [-0.1, -0.05) is 74.5 Å². The van der Waals surface area contributed by atoms with Crippen molar-refractivity contribution in [2.45, 2.75) is 19.3 Å². The lowest BCUT2D eigenvalue weighted by Crippen LogP contribution is -2.24. The molecule has 6 heteroatoms. The first-order chi connectivity index (χ1) is 16.3. The number of nitriles is 2. The molecule has 0 radical (unpaired) electrons. The molecular formula is C28H24N3OPS. The molecule has 1 unspecified atom stereocenters. The number of rotatable bonds is 5. The van der Waals surface area contributed by atoms with Gasteiger partial charge in [0.2, 0.25) is 0 Å². The minimum atomic E-state index is -2.63. The second kappa shape index (κ2) is 9.32. The third-order valence-electron chi connectivity index (χ3n) is 6.02. The molecule has 3 aromatic rings. The molecule has 3 aromatic carbocycles. The van der Waals surface area contributed by atoms with Crippen molar-refractivity contribution in [3.63, 3.8) is 0 Å². The maximum atomic E-state index is 9.00. The van der Waals surface area contributed by atoms with E-state index in [0.29, 0.717) is 5.75 Å². The lowest BCUT2D eigenvalue weighted by Gasteiger charge is -2.28. The van der Waals surface area contributed by atoms with Gasteiger partial charge in [0.15, 0.2) is 6.26 Å². The molecule has 1 aliphatic heterocycles. The Morgan fingerprint density at radius 1 is 0.941 bits per heavy atom. The molecule has 0 aliphatic carbocycles. The van der Waals surface area contributed by atoms with Gasteiger partial charge in [0.05, 0.1) is 0 Å². The molecule has 168 valence electrons. The molecule has 1 heterocycles. The van der Waals surface area contributed by atoms with Gasteiger partial charge in [0, 0.05) is 35.0 Å². The second-order valence-corrected chi connectivity index (χ2v) is 12.4. The number of hydrogen-bond acceptors (Lipinski definition) is 5. The highest BCUT2D eigenvalue weighted by atomic mass is 32.4. The Hall–Kier alpha value is -3.63. The van der Waals surface area contributed by atoms with Crippen LogP contribution in [0.2, 0.25) is 0 Å². The lowest BCUT2D eigenvalue weighted by atomic mass is 9.84. The van der Waals surface area contributed by atoms with Crippen molar-refractivity contribution in [3.8, 4) is 17.9 Å². The Bertz CT molecular complexity index is 1390. The van der Waals surface area contributed by atoms with E-state index in [2.05, 4.69) is 55.9 Å². The smallest absolute Gasteiger partial charge is 0.166 e. The predicted molar refractivity (Wildman–Crippen MR) is 143 cm³/mol. The predicted octanol–water partition coefficient (Wildman–Crippen LogP) is 6.48. The zero-order chi connectivity index (χ0) is 24.3. The normalized spacial score (nSPS) is 16.6. The number of allylic oxidation sites excluding steroid dienone is 2. The van der Waals surface area contributed by atoms with Crippen LogP contribution in [0.15, 0.2) is 96.0 Å². The summed E-state index contributed by atoms with van der Waals surface area (Å²) in [6.07, 6.45) is -1.09. The number of anilines is 1. The summed E-state index contributed by atoms with van der Waals surface area (Å²) in [5, 5.41) is 19.0. The molecule has 4 rings (SSSR count). The van der Waals surface area contributed by atoms with Crippen LogP contribution in [-0.2, 0) is 17.2 Å². The summed E-state index contributed by atoms with van der Waals surface area (Å²) in [6.45, 7) is 4.43. The number of para-hydroxylation sites is 1. The summed E-state index contributed by atoms with van der Waals surface area (Å²) in [4.78, 5) is 2.21. The van der Waals surface area contributed by atoms with Crippen LogP contribution >= 0.6 is 6.26 Å². The minimum Gasteiger partial charge on any atom is -0.458 e. The molecule has 0 saturated heterocycles. The largest absolute Gasteiger partial charge is 0.458 e. The number of fused-ring (bicyclic) bond motifs is 1. The Kier molecular flexibility index (Phi) is 6.45. The monoisotopic (exact) mass is 481 g/mol. The van der Waals surface area contributed by atoms with E-state index in [0.717, 1.165) is 16.6 Å². The standard InChI is InChI=1S/C28H24N3OPS/c1-28(2)25-11-7-8-12-26(25)31(3)27(28)20-33(34,24-9-5-4-6-10-24)32-23-15-13-21(14-16-23)17-22(18-29)19-30/h4-17,20H,1-3H3/b27-20+. The Morgan fingerprint density at radius 2 is 1.56 bits per heavy atom. The van der Waals surface area contributed by atoms with Gasteiger partial charge in [-0.3, -0.25) is 0 Å². The molecule has 0 amide bonds. The lowest BCUT2D eigenvalue weighted by molar-refractivity contribution is 0.619. The van der Waals surface area contributed by atoms with Gasteiger partial charge in [-0.2, -0.15) is 10.5 Å². The van der Waals surface area contributed by atoms with Crippen molar-refractivity contribution in [1.29, 1.82) is 10.5 Å². The van der Waals surface area contributed by atoms with E-state index in [9.17, 15) is 0 Å². The van der Waals surface area contributed by atoms with E-state index in [1.165, 1.54) is 11.3 Å². The van der Waals surface area contributed by atoms with E-state index < -0.39 is 6.26 Å². The summed E-state index contributed by atoms with van der Waals surface area (Å²) >= 11 is 6.28. The third kappa shape index (κ3) is 4.42. The van der Waals surface area contributed by atoms with Crippen LogP contribution < -0.4 is 14.7 Å². The maximum Gasteiger partial charge on any atom is 0.166 e. The molecule has 1 atom stereocenters. The van der Waals surface area contributed by atoms with Crippen molar-refractivity contribution in [1.82, 2.24) is 0 Å². The van der Waals surface area contributed by atoms with Gasteiger partial charge in [0.25, 0.3) is 0 Å². The molecule has 0 fully saturated rings. The third-order valence-corrected chi connectivity index (χ3v) is 9.28. The van der Waals surface area contributed by atoms with Crippen LogP contribution in [0.5, 0.6) is 5.75 Å². The van der Waals surface area contributed by atoms with Gasteiger partial charge in [-0.15, -0.1) is 0 Å². The fraction of sp³-hybridized carbons (Fsp3) is 0.143. The van der Waals surface area contributed by atoms with E-state index in [-0.39, 0.29) is 11.0 Å². The average molecular weight is 482 g/mol. The summed E-state index contributed by atoms with van der Waals surface area (Å²) < 4.78 is 6.58. The van der Waals surface area contributed by atoms with Gasteiger partial charge in [-0.05, 0) is 47.2 Å². The first-order valence-corrected chi connectivity index (χ1v) is 13.6. The highest BCUT2D eigenvalue weighted by molar-refractivity contribution is 8.17. The molecule has 0 aromatic heterocycles. The van der Waals surface area contributed by atoms with Crippen molar-refractivity contribution in [2.75, 3.05) is 11.9 Å². The van der Waals surface area contributed by atoms with E-state index >= 15 is 0 Å². The Morgan fingerprint density at radius 3 is 2.18 bits per heavy atom. The number of hydrogen-bond donors (Lipinski definition) is 0. The van der Waals surface area contributed by atoms with Crippen LogP contribution in [0, 0.1) is 22.7 Å². The topological polar surface area (TPSA) is 60.0 Å². The van der Waals surface area contributed by atoms with Gasteiger partial charge in [-0.25, -0.2) is 0 Å². The van der Waals surface area contributed by atoms with Crippen molar-refractivity contribution in [3.05, 3.63) is 107 Å². The molecular weight excluding hydrogens is 457 g/mol. The van der Waals surface area contributed by atoms with Crippen molar-refractivity contribution >= 4 is 35.1 Å². The molecule has 0 bridgehead atoms. The van der Waals surface area contributed by atoms with Gasteiger partial charge in [0.1, 0.15) is 23.5 Å². The van der Waals surface area contributed by atoms with E-state index in [1.54, 1.807) is 6.08 Å². The number of nitrogens with zero attached hydrogens (tertiary/aromatic N) is 3. The van der Waals surface area contributed by atoms with Crippen LogP contribution in [-0.4, -0.2) is 7.05 Å². The number of benzene rings is 3. The SMILES string of the molecule is CN1/C(=C/P(=S)(Oc2ccc(C=C(C#N)C#N)cc2)c2ccccc2)C(C)(C)c2ccccc21. The summed E-state index contributed by atoms with van der Waals surface area (Å²) in [6, 6.07) is 29.5. The van der Waals surface area contributed by atoms with Gasteiger partial charge < -0.3 is 9.42 Å². The zero-order valence-electron chi connectivity index (χ0n) is 19.3. The maximum absolute atomic E-state index is 9.00. The van der Waals surface area contributed by atoms with E-state index in [1.807, 2.05) is 66.7 Å². The van der Waals surface area contributed by atoms with Crippen LogP contribution in [0.1, 0.15) is 25.0 Å². The minimum absolute atomic E-state index is 0.0545. The second-order valence-electron chi connectivity index (χ2n) is 8.59. The van der Waals surface area contributed by atoms with Gasteiger partial charge >= 0.3 is 0 Å². The molecule has 0 N–H and O–H groups in total. The van der Waals surface area contributed by atoms with Crippen LogP contribution in [0.4, 0.5) is 5.69 Å². The summed E-state index contributed by atoms with van der Waals surface area (Å²) in [7, 11) is 2.08. The summed E-state index contributed by atoms with van der Waals surface area (Å²) in [5.74, 6) is 2.79. The molecule has 34 heavy (non-hydrogen) atoms. The van der Waals surface area contributed by atoms with Crippen molar-refractivity contribution in [2.24, 2.45) is 0 Å². The highest BCUT2D eigenvalue weighted by Gasteiger charge is 2.40. The number of likely N-dealkylation sites (N-methyl/N-ethyl adjacent to an activating group) is 1. The zero-order valence-corrected chi connectivity index (χ0v) is 21.0. The molecule has 1 aliphatic rings. The Labute approximate surface area is 206 Å². The van der Waals surface area contributed by atoms with Crippen LogP contribution in [0.25, 0.3) is 6.08 Å². The first-order valence-electron chi connectivity index (χ1n) is 10.8. The van der Waals surface area contributed by atoms with E-state index in [4.69, 9.17) is 26.9 Å². The Balaban J connectivity index is 1.77. The molecule has 0 saturated carbocycles. The first kappa shape index (κ1) is 23.5. The van der Waals surface area contributed by atoms with Crippen LogP contribution in [0.3, 0.4) is 0 Å². The summed E-state index contributed by atoms with van der Waals surface area (Å²) in [5.41, 5.74) is 4.15. The van der Waals surface area contributed by atoms with Crippen molar-refractivity contribution < 1.29 is 4.52 Å². The molecule has 4 nitrogen and oxygen atoms in total. The fourth-order valence-corrected chi connectivity index (χ4v) is 7.29.